The Hall–Kier alpha value is -4.06. The number of methoxy groups -OCH3 is 1. The van der Waals surface area contributed by atoms with Gasteiger partial charge in [-0.15, -0.1) is 0 Å². The lowest BCUT2D eigenvalue weighted by Crippen LogP contribution is -2.31. The number of aryl methyl sites for hydroxylation is 2. The third kappa shape index (κ3) is 3.81. The lowest BCUT2D eigenvalue weighted by Gasteiger charge is -2.26. The second-order valence-corrected chi connectivity index (χ2v) is 8.54. The maximum Gasteiger partial charge on any atom is 0.312 e. The van der Waals surface area contributed by atoms with Gasteiger partial charge in [-0.1, -0.05) is 48.0 Å². The zero-order valence-corrected chi connectivity index (χ0v) is 19.3. The molecule has 0 spiro atoms. The Morgan fingerprint density at radius 3 is 2.62 bits per heavy atom. The summed E-state index contributed by atoms with van der Waals surface area (Å²) in [5.74, 6) is 0.675. The number of rotatable bonds is 5. The summed E-state index contributed by atoms with van der Waals surface area (Å²) >= 11 is 0. The molecule has 2 heterocycles. The maximum absolute atomic E-state index is 13.3. The molecule has 172 valence electrons. The van der Waals surface area contributed by atoms with Crippen molar-refractivity contribution in [1.82, 2.24) is 4.57 Å². The molecule has 0 saturated heterocycles. The van der Waals surface area contributed by atoms with Crippen LogP contribution in [0.5, 0.6) is 17.2 Å². The number of nitrogens with zero attached hydrogens (tertiary/aromatic N) is 1. The molecule has 1 aromatic heterocycles. The molecule has 0 saturated carbocycles. The average molecular weight is 456 g/mol. The number of esters is 1. The van der Waals surface area contributed by atoms with Crippen LogP contribution in [0.3, 0.4) is 0 Å². The predicted molar refractivity (Wildman–Crippen MR) is 130 cm³/mol. The lowest BCUT2D eigenvalue weighted by molar-refractivity contribution is -0.135. The molecule has 0 bridgehead atoms. The molecule has 1 aliphatic rings. The lowest BCUT2D eigenvalue weighted by atomic mass is 9.86. The van der Waals surface area contributed by atoms with E-state index < -0.39 is 5.92 Å². The maximum atomic E-state index is 13.3. The van der Waals surface area contributed by atoms with Gasteiger partial charge < -0.3 is 18.8 Å². The van der Waals surface area contributed by atoms with Gasteiger partial charge in [0, 0.05) is 18.4 Å². The molecular weight excluding hydrogens is 430 g/mol. The Bertz CT molecular complexity index is 1470. The Labute approximate surface area is 197 Å². The van der Waals surface area contributed by atoms with E-state index >= 15 is 0 Å². The second kappa shape index (κ2) is 8.71. The first-order chi connectivity index (χ1) is 16.5. The molecule has 0 unspecified atom stereocenters. The minimum Gasteiger partial charge on any atom is -0.493 e. The van der Waals surface area contributed by atoms with Crippen molar-refractivity contribution in [1.29, 1.82) is 0 Å². The first-order valence-electron chi connectivity index (χ1n) is 11.1. The summed E-state index contributed by atoms with van der Waals surface area (Å²) in [5.41, 5.74) is 4.05. The SMILES string of the molecule is COc1cc([C@@H]2CC(=O)Oc3c2c(=O)n(C)c2ccccc32)ccc1OCc1cccc(C)c1. The molecular formula is C28H25NO5. The summed E-state index contributed by atoms with van der Waals surface area (Å²) in [5, 5.41) is 0.739. The molecule has 0 aliphatic carbocycles. The molecule has 4 aromatic rings. The summed E-state index contributed by atoms with van der Waals surface area (Å²) < 4.78 is 18.8. The highest BCUT2D eigenvalue weighted by atomic mass is 16.5. The summed E-state index contributed by atoms with van der Waals surface area (Å²) in [6.07, 6.45) is 0.0766. The van der Waals surface area contributed by atoms with E-state index in [1.165, 1.54) is 5.56 Å². The van der Waals surface area contributed by atoms with Crippen molar-refractivity contribution in [3.63, 3.8) is 0 Å². The molecule has 5 rings (SSSR count). The van der Waals surface area contributed by atoms with Crippen LogP contribution in [0.2, 0.25) is 0 Å². The topological polar surface area (TPSA) is 66.8 Å². The Morgan fingerprint density at radius 2 is 1.82 bits per heavy atom. The zero-order valence-electron chi connectivity index (χ0n) is 19.3. The summed E-state index contributed by atoms with van der Waals surface area (Å²) in [6, 6.07) is 21.1. The van der Waals surface area contributed by atoms with E-state index in [0.29, 0.717) is 29.4 Å². The molecule has 6 nitrogen and oxygen atoms in total. The number of aromatic nitrogens is 1. The average Bonchev–Trinajstić information content (AvgIpc) is 2.85. The molecule has 0 amide bonds. The Balaban J connectivity index is 1.55. The first kappa shape index (κ1) is 21.8. The number of para-hydroxylation sites is 1. The number of benzene rings is 3. The van der Waals surface area contributed by atoms with Crippen molar-refractivity contribution in [2.24, 2.45) is 7.05 Å². The number of fused-ring (bicyclic) bond motifs is 3. The van der Waals surface area contributed by atoms with Gasteiger partial charge in [0.05, 0.1) is 24.6 Å². The van der Waals surface area contributed by atoms with E-state index in [-0.39, 0.29) is 17.9 Å². The summed E-state index contributed by atoms with van der Waals surface area (Å²) in [7, 11) is 3.31. The summed E-state index contributed by atoms with van der Waals surface area (Å²) in [4.78, 5) is 25.9. The van der Waals surface area contributed by atoms with E-state index in [1.54, 1.807) is 18.7 Å². The fourth-order valence-corrected chi connectivity index (χ4v) is 4.60. The number of pyridine rings is 1. The van der Waals surface area contributed by atoms with Crippen molar-refractivity contribution in [2.75, 3.05) is 7.11 Å². The molecule has 0 N–H and O–H groups in total. The van der Waals surface area contributed by atoms with Crippen LogP contribution in [-0.2, 0) is 18.4 Å². The van der Waals surface area contributed by atoms with E-state index in [2.05, 4.69) is 6.07 Å². The fourth-order valence-electron chi connectivity index (χ4n) is 4.60. The van der Waals surface area contributed by atoms with Crippen LogP contribution >= 0.6 is 0 Å². The van der Waals surface area contributed by atoms with Gasteiger partial charge >= 0.3 is 5.97 Å². The minimum atomic E-state index is -0.445. The molecule has 34 heavy (non-hydrogen) atoms. The van der Waals surface area contributed by atoms with Crippen LogP contribution in [0.4, 0.5) is 0 Å². The van der Waals surface area contributed by atoms with Crippen LogP contribution in [0.1, 0.15) is 34.6 Å². The van der Waals surface area contributed by atoms with Crippen molar-refractivity contribution in [3.8, 4) is 17.2 Å². The Morgan fingerprint density at radius 1 is 1.00 bits per heavy atom. The van der Waals surface area contributed by atoms with Crippen molar-refractivity contribution in [2.45, 2.75) is 25.9 Å². The highest BCUT2D eigenvalue weighted by Crippen LogP contribution is 2.42. The second-order valence-electron chi connectivity index (χ2n) is 8.54. The van der Waals surface area contributed by atoms with E-state index in [0.717, 1.165) is 22.0 Å². The van der Waals surface area contributed by atoms with Crippen molar-refractivity contribution in [3.05, 3.63) is 99.3 Å². The van der Waals surface area contributed by atoms with Gasteiger partial charge in [-0.2, -0.15) is 0 Å². The van der Waals surface area contributed by atoms with Gasteiger partial charge in [-0.3, -0.25) is 9.59 Å². The van der Waals surface area contributed by atoms with Gasteiger partial charge in [-0.05, 0) is 42.3 Å². The smallest absolute Gasteiger partial charge is 0.312 e. The number of carbonyl (C=O) groups excluding carboxylic acids is 1. The highest BCUT2D eigenvalue weighted by molar-refractivity contribution is 5.91. The number of hydrogen-bond donors (Lipinski definition) is 0. The number of ether oxygens (including phenoxy) is 3. The van der Waals surface area contributed by atoms with Crippen molar-refractivity contribution >= 4 is 16.9 Å². The quantitative estimate of drug-likeness (QED) is 0.402. The molecule has 0 fully saturated rings. The molecule has 1 aliphatic heterocycles. The van der Waals surface area contributed by atoms with E-state index in [1.807, 2.05) is 67.6 Å². The minimum absolute atomic E-state index is 0.0766. The van der Waals surface area contributed by atoms with Crippen LogP contribution in [0.25, 0.3) is 10.9 Å². The van der Waals surface area contributed by atoms with Crippen LogP contribution in [-0.4, -0.2) is 17.6 Å². The standard InChI is InChI=1S/C28H25NO5/c1-17-7-6-8-18(13-17)16-33-23-12-11-19(14-24(23)32-3)21-15-25(30)34-27-20-9-4-5-10-22(20)29(2)28(31)26(21)27/h4-14,21H,15-16H2,1-3H3/t21-/m0/s1. The zero-order chi connectivity index (χ0) is 23.8. The monoisotopic (exact) mass is 455 g/mol. The van der Waals surface area contributed by atoms with Crippen molar-refractivity contribution < 1.29 is 19.0 Å². The van der Waals surface area contributed by atoms with E-state index in [9.17, 15) is 9.59 Å². The predicted octanol–water partition coefficient (Wildman–Crippen LogP) is 4.88. The van der Waals surface area contributed by atoms with Gasteiger partial charge in [0.1, 0.15) is 12.4 Å². The number of hydrogen-bond acceptors (Lipinski definition) is 5. The van der Waals surface area contributed by atoms with E-state index in [4.69, 9.17) is 14.2 Å². The normalized spacial score (nSPS) is 15.0. The highest BCUT2D eigenvalue weighted by Gasteiger charge is 2.34. The molecule has 0 radical (unpaired) electrons. The summed E-state index contributed by atoms with van der Waals surface area (Å²) in [6.45, 7) is 2.45. The van der Waals surface area contributed by atoms with Gasteiger partial charge in [0.2, 0.25) is 0 Å². The first-order valence-corrected chi connectivity index (χ1v) is 11.1. The largest absolute Gasteiger partial charge is 0.493 e. The van der Waals surface area contributed by atoms with Crippen LogP contribution in [0.15, 0.2) is 71.5 Å². The third-order valence-corrected chi connectivity index (χ3v) is 6.29. The third-order valence-electron chi connectivity index (χ3n) is 6.29. The van der Waals surface area contributed by atoms with Crippen LogP contribution < -0.4 is 19.8 Å². The molecule has 3 aromatic carbocycles. The van der Waals surface area contributed by atoms with Gasteiger partial charge in [0.15, 0.2) is 11.5 Å². The molecule has 1 atom stereocenters. The van der Waals surface area contributed by atoms with Crippen LogP contribution in [0, 0.1) is 6.92 Å². The molecule has 6 heteroatoms. The fraction of sp³-hybridized carbons (Fsp3) is 0.214. The Kier molecular flexibility index (Phi) is 5.57. The number of carbonyl (C=O) groups is 1. The van der Waals surface area contributed by atoms with Gasteiger partial charge in [-0.25, -0.2) is 0 Å². The van der Waals surface area contributed by atoms with Gasteiger partial charge in [0.25, 0.3) is 5.56 Å².